The van der Waals surface area contributed by atoms with Gasteiger partial charge in [-0.2, -0.15) is 4.98 Å². The molecule has 0 saturated carbocycles. The van der Waals surface area contributed by atoms with Gasteiger partial charge in [0.15, 0.2) is 0 Å². The fourth-order valence-corrected chi connectivity index (χ4v) is 3.37. The van der Waals surface area contributed by atoms with Crippen molar-refractivity contribution in [3.05, 3.63) is 65.8 Å². The summed E-state index contributed by atoms with van der Waals surface area (Å²) in [7, 11) is 0. The van der Waals surface area contributed by atoms with Gasteiger partial charge in [0.1, 0.15) is 5.82 Å². The highest BCUT2D eigenvalue weighted by molar-refractivity contribution is 5.92. The number of carbonyl (C=O) groups excluding carboxylic acids is 1. The predicted octanol–water partition coefficient (Wildman–Crippen LogP) is 2.94. The molecule has 8 heteroatoms. The average molecular weight is 409 g/mol. The Bertz CT molecular complexity index is 980. The van der Waals surface area contributed by atoms with Gasteiger partial charge >= 0.3 is 0 Å². The van der Waals surface area contributed by atoms with Crippen molar-refractivity contribution in [1.29, 1.82) is 0 Å². The number of hydrogen-bond donors (Lipinski definition) is 1. The lowest BCUT2D eigenvalue weighted by atomic mass is 10.2. The number of aromatic nitrogens is 2. The molecule has 1 aromatic heterocycles. The maximum atomic E-state index is 13.1. The largest absolute Gasteiger partial charge is 0.338 e. The summed E-state index contributed by atoms with van der Waals surface area (Å²) in [6, 6.07) is 13.8. The van der Waals surface area contributed by atoms with Gasteiger partial charge in [0.2, 0.25) is 17.6 Å². The number of halogens is 1. The Morgan fingerprint density at radius 2 is 1.70 bits per heavy atom. The van der Waals surface area contributed by atoms with Crippen molar-refractivity contribution in [1.82, 2.24) is 19.9 Å². The minimum atomic E-state index is -0.298. The zero-order chi connectivity index (χ0) is 20.9. The second kappa shape index (κ2) is 9.15. The van der Waals surface area contributed by atoms with Gasteiger partial charge in [0.05, 0.1) is 13.1 Å². The van der Waals surface area contributed by atoms with E-state index in [2.05, 4.69) is 25.3 Å². The number of benzene rings is 2. The maximum Gasteiger partial charge on any atom is 0.241 e. The van der Waals surface area contributed by atoms with Gasteiger partial charge in [-0.25, -0.2) is 4.39 Å². The van der Waals surface area contributed by atoms with E-state index in [0.717, 1.165) is 43.0 Å². The highest BCUT2D eigenvalue weighted by Crippen LogP contribution is 2.17. The normalized spacial score (nSPS) is 15.3. The number of aryl methyl sites for hydroxylation is 1. The fraction of sp³-hybridized carbons (Fsp3) is 0.318. The first-order chi connectivity index (χ1) is 14.5. The number of amides is 1. The molecule has 1 amide bonds. The molecule has 2 aromatic carbocycles. The summed E-state index contributed by atoms with van der Waals surface area (Å²) in [6.45, 7) is 6.15. The number of anilines is 1. The van der Waals surface area contributed by atoms with Crippen LogP contribution in [-0.2, 0) is 11.3 Å². The molecule has 4 rings (SSSR count). The summed E-state index contributed by atoms with van der Waals surface area (Å²) in [5.74, 6) is 0.678. The van der Waals surface area contributed by atoms with Gasteiger partial charge in [-0.1, -0.05) is 22.9 Å². The Hall–Kier alpha value is -3.10. The SMILES string of the molecule is Cc1ccc(NC(=O)CN2CCN(Cc3nc(-c4ccc(F)cc4)no3)CC2)cc1. The lowest BCUT2D eigenvalue weighted by Crippen LogP contribution is -2.48. The number of hydrogen-bond acceptors (Lipinski definition) is 6. The highest BCUT2D eigenvalue weighted by Gasteiger charge is 2.21. The Kier molecular flexibility index (Phi) is 6.15. The Balaban J connectivity index is 1.23. The van der Waals surface area contributed by atoms with Crippen molar-refractivity contribution in [2.24, 2.45) is 0 Å². The van der Waals surface area contributed by atoms with Gasteiger partial charge in [-0.05, 0) is 43.3 Å². The first-order valence-electron chi connectivity index (χ1n) is 9.95. The summed E-state index contributed by atoms with van der Waals surface area (Å²) < 4.78 is 18.4. The van der Waals surface area contributed by atoms with E-state index in [4.69, 9.17) is 4.52 Å². The molecule has 1 aliphatic heterocycles. The topological polar surface area (TPSA) is 74.5 Å². The van der Waals surface area contributed by atoms with Crippen molar-refractivity contribution in [3.8, 4) is 11.4 Å². The Labute approximate surface area is 174 Å². The van der Waals surface area contributed by atoms with E-state index in [0.29, 0.717) is 24.8 Å². The van der Waals surface area contributed by atoms with Crippen LogP contribution in [0.15, 0.2) is 53.1 Å². The minimum Gasteiger partial charge on any atom is -0.338 e. The van der Waals surface area contributed by atoms with E-state index >= 15 is 0 Å². The summed E-state index contributed by atoms with van der Waals surface area (Å²) in [4.78, 5) is 21.0. The van der Waals surface area contributed by atoms with Crippen LogP contribution in [0.1, 0.15) is 11.5 Å². The van der Waals surface area contributed by atoms with Gasteiger partial charge in [-0.3, -0.25) is 14.6 Å². The molecule has 1 N–H and O–H groups in total. The highest BCUT2D eigenvalue weighted by atomic mass is 19.1. The molecule has 0 aliphatic carbocycles. The van der Waals surface area contributed by atoms with Crippen molar-refractivity contribution in [2.75, 3.05) is 38.0 Å². The van der Waals surface area contributed by atoms with Crippen LogP contribution in [0.25, 0.3) is 11.4 Å². The van der Waals surface area contributed by atoms with Gasteiger partial charge in [0.25, 0.3) is 0 Å². The number of carbonyl (C=O) groups is 1. The third-order valence-electron chi connectivity index (χ3n) is 5.10. The second-order valence-corrected chi connectivity index (χ2v) is 7.49. The average Bonchev–Trinajstić information content (AvgIpc) is 3.20. The van der Waals surface area contributed by atoms with Crippen molar-refractivity contribution in [3.63, 3.8) is 0 Å². The molecule has 156 valence electrons. The summed E-state index contributed by atoms with van der Waals surface area (Å²) in [5, 5.41) is 6.92. The molecule has 1 saturated heterocycles. The van der Waals surface area contributed by atoms with Crippen LogP contribution in [-0.4, -0.2) is 58.6 Å². The van der Waals surface area contributed by atoms with Gasteiger partial charge < -0.3 is 9.84 Å². The van der Waals surface area contributed by atoms with E-state index in [1.807, 2.05) is 31.2 Å². The number of nitrogens with zero attached hydrogens (tertiary/aromatic N) is 4. The first-order valence-corrected chi connectivity index (χ1v) is 9.95. The van der Waals surface area contributed by atoms with Crippen LogP contribution in [0.5, 0.6) is 0 Å². The van der Waals surface area contributed by atoms with E-state index in [1.54, 1.807) is 12.1 Å². The van der Waals surface area contributed by atoms with Crippen molar-refractivity contribution < 1.29 is 13.7 Å². The van der Waals surface area contributed by atoms with E-state index in [9.17, 15) is 9.18 Å². The van der Waals surface area contributed by atoms with E-state index in [1.165, 1.54) is 12.1 Å². The van der Waals surface area contributed by atoms with Crippen LogP contribution in [0.3, 0.4) is 0 Å². The molecule has 3 aromatic rings. The predicted molar refractivity (Wildman–Crippen MR) is 111 cm³/mol. The molecule has 0 bridgehead atoms. The molecular weight excluding hydrogens is 385 g/mol. The molecule has 0 unspecified atom stereocenters. The molecule has 7 nitrogen and oxygen atoms in total. The maximum absolute atomic E-state index is 13.1. The molecule has 1 aliphatic rings. The molecule has 0 radical (unpaired) electrons. The zero-order valence-electron chi connectivity index (χ0n) is 16.8. The van der Waals surface area contributed by atoms with Crippen LogP contribution >= 0.6 is 0 Å². The van der Waals surface area contributed by atoms with Crippen molar-refractivity contribution >= 4 is 11.6 Å². The Morgan fingerprint density at radius 1 is 1.03 bits per heavy atom. The molecule has 2 heterocycles. The Morgan fingerprint density at radius 3 is 2.40 bits per heavy atom. The third kappa shape index (κ3) is 5.28. The standard InChI is InChI=1S/C22H24FN5O2/c1-16-2-8-19(9-3-16)24-20(29)14-27-10-12-28(13-11-27)15-21-25-22(26-30-21)17-4-6-18(23)7-5-17/h2-9H,10-15H2,1H3,(H,24,29). The molecule has 30 heavy (non-hydrogen) atoms. The number of rotatable bonds is 6. The molecule has 0 atom stereocenters. The molecular formula is C22H24FN5O2. The summed E-state index contributed by atoms with van der Waals surface area (Å²) >= 11 is 0. The quantitative estimate of drug-likeness (QED) is 0.675. The van der Waals surface area contributed by atoms with Gasteiger partial charge in [-0.15, -0.1) is 0 Å². The summed E-state index contributed by atoms with van der Waals surface area (Å²) in [5.41, 5.74) is 2.70. The lowest BCUT2D eigenvalue weighted by Gasteiger charge is -2.33. The van der Waals surface area contributed by atoms with Crippen LogP contribution in [0, 0.1) is 12.7 Å². The van der Waals surface area contributed by atoms with E-state index < -0.39 is 0 Å². The summed E-state index contributed by atoms with van der Waals surface area (Å²) in [6.07, 6.45) is 0. The number of piperazine rings is 1. The van der Waals surface area contributed by atoms with Crippen LogP contribution < -0.4 is 5.32 Å². The van der Waals surface area contributed by atoms with E-state index in [-0.39, 0.29) is 11.7 Å². The fourth-order valence-electron chi connectivity index (χ4n) is 3.37. The first kappa shape index (κ1) is 20.2. The van der Waals surface area contributed by atoms with Crippen LogP contribution in [0.2, 0.25) is 0 Å². The zero-order valence-corrected chi connectivity index (χ0v) is 16.8. The number of nitrogens with one attached hydrogen (secondary N) is 1. The van der Waals surface area contributed by atoms with Crippen molar-refractivity contribution in [2.45, 2.75) is 13.5 Å². The van der Waals surface area contributed by atoms with Crippen LogP contribution in [0.4, 0.5) is 10.1 Å². The molecule has 0 spiro atoms. The smallest absolute Gasteiger partial charge is 0.241 e. The lowest BCUT2D eigenvalue weighted by molar-refractivity contribution is -0.117. The van der Waals surface area contributed by atoms with Gasteiger partial charge in [0, 0.05) is 37.4 Å². The molecule has 1 fully saturated rings. The monoisotopic (exact) mass is 409 g/mol. The minimum absolute atomic E-state index is 0.00635. The third-order valence-corrected chi connectivity index (χ3v) is 5.10. The second-order valence-electron chi connectivity index (χ2n) is 7.49.